The minimum atomic E-state index is -3.75. The van der Waals surface area contributed by atoms with Crippen LogP contribution in [0.2, 0.25) is 5.02 Å². The molecule has 1 aliphatic rings. The molecule has 0 aliphatic heterocycles. The van der Waals surface area contributed by atoms with Gasteiger partial charge in [-0.05, 0) is 48.9 Å². The van der Waals surface area contributed by atoms with Gasteiger partial charge in [0, 0.05) is 11.6 Å². The van der Waals surface area contributed by atoms with Crippen molar-refractivity contribution in [2.75, 3.05) is 6.54 Å². The van der Waals surface area contributed by atoms with E-state index in [-0.39, 0.29) is 17.4 Å². The van der Waals surface area contributed by atoms with E-state index in [2.05, 4.69) is 4.72 Å². The van der Waals surface area contributed by atoms with Crippen molar-refractivity contribution in [2.45, 2.75) is 30.3 Å². The summed E-state index contributed by atoms with van der Waals surface area (Å²) in [5, 5.41) is 11.5. The lowest BCUT2D eigenvalue weighted by Gasteiger charge is -2.29. The summed E-state index contributed by atoms with van der Waals surface area (Å²) >= 11 is 5.93. The molecule has 1 saturated carbocycles. The predicted octanol–water partition coefficient (Wildman–Crippen LogP) is 3.22. The van der Waals surface area contributed by atoms with Gasteiger partial charge in [-0.1, -0.05) is 48.0 Å². The highest BCUT2D eigenvalue weighted by molar-refractivity contribution is 7.89. The van der Waals surface area contributed by atoms with Gasteiger partial charge in [0.2, 0.25) is 10.0 Å². The number of aliphatic hydroxyl groups is 1. The van der Waals surface area contributed by atoms with Gasteiger partial charge in [0.05, 0.1) is 4.90 Å². The van der Waals surface area contributed by atoms with Crippen LogP contribution in [0.4, 0.5) is 0 Å². The van der Waals surface area contributed by atoms with E-state index in [0.717, 1.165) is 18.4 Å². The van der Waals surface area contributed by atoms with Gasteiger partial charge < -0.3 is 5.11 Å². The number of sulfonamides is 1. The maximum atomic E-state index is 12.6. The first-order valence-corrected chi connectivity index (χ1v) is 9.73. The predicted molar refractivity (Wildman–Crippen MR) is 94.4 cm³/mol. The maximum Gasteiger partial charge on any atom is 0.240 e. The Balaban J connectivity index is 1.86. The highest BCUT2D eigenvalue weighted by atomic mass is 35.5. The lowest BCUT2D eigenvalue weighted by Crippen LogP contribution is -2.42. The fourth-order valence-electron chi connectivity index (χ4n) is 2.92. The van der Waals surface area contributed by atoms with Crippen LogP contribution in [0.5, 0.6) is 0 Å². The van der Waals surface area contributed by atoms with Gasteiger partial charge in [-0.2, -0.15) is 0 Å². The van der Waals surface area contributed by atoms with Gasteiger partial charge in [-0.15, -0.1) is 0 Å². The largest absolute Gasteiger partial charge is 0.383 e. The first-order valence-electron chi connectivity index (χ1n) is 7.87. The summed E-state index contributed by atoms with van der Waals surface area (Å²) < 4.78 is 27.9. The molecule has 6 heteroatoms. The first-order chi connectivity index (χ1) is 11.3. The molecule has 3 rings (SSSR count). The fourth-order valence-corrected chi connectivity index (χ4v) is 4.49. The number of aryl methyl sites for hydroxylation is 1. The van der Waals surface area contributed by atoms with Crippen LogP contribution in [-0.4, -0.2) is 20.1 Å². The molecule has 2 aromatic carbocycles. The van der Waals surface area contributed by atoms with Gasteiger partial charge in [0.1, 0.15) is 5.60 Å². The summed E-state index contributed by atoms with van der Waals surface area (Å²) in [6.45, 7) is 1.66. The number of benzene rings is 2. The Morgan fingerprint density at radius 1 is 1.21 bits per heavy atom. The highest BCUT2D eigenvalue weighted by Crippen LogP contribution is 2.45. The van der Waals surface area contributed by atoms with Gasteiger partial charge in [-0.25, -0.2) is 13.1 Å². The zero-order chi connectivity index (χ0) is 17.4. The van der Waals surface area contributed by atoms with Crippen LogP contribution in [0.25, 0.3) is 0 Å². The van der Waals surface area contributed by atoms with Crippen LogP contribution in [-0.2, 0) is 15.6 Å². The van der Waals surface area contributed by atoms with Crippen molar-refractivity contribution in [1.29, 1.82) is 0 Å². The van der Waals surface area contributed by atoms with E-state index in [9.17, 15) is 13.5 Å². The second-order valence-corrected chi connectivity index (χ2v) is 8.47. The molecular formula is C18H20ClNO3S. The van der Waals surface area contributed by atoms with Crippen molar-refractivity contribution < 1.29 is 13.5 Å². The third kappa shape index (κ3) is 3.49. The second-order valence-electron chi connectivity index (χ2n) is 6.30. The average Bonchev–Trinajstić information content (AvgIpc) is 3.41. The van der Waals surface area contributed by atoms with Crippen molar-refractivity contribution >= 4 is 21.6 Å². The minimum Gasteiger partial charge on any atom is -0.383 e. The van der Waals surface area contributed by atoms with E-state index < -0.39 is 15.6 Å². The molecule has 2 N–H and O–H groups in total. The number of rotatable bonds is 6. The van der Waals surface area contributed by atoms with Gasteiger partial charge in [0.15, 0.2) is 0 Å². The van der Waals surface area contributed by atoms with Crippen molar-refractivity contribution in [3.8, 4) is 0 Å². The SMILES string of the molecule is Cc1ccc(Cl)cc1S(=O)(=O)NCC(O)(c1ccccc1)C1CC1. The molecule has 0 aromatic heterocycles. The number of hydrogen-bond acceptors (Lipinski definition) is 3. The molecule has 1 atom stereocenters. The third-order valence-corrected chi connectivity index (χ3v) is 6.28. The van der Waals surface area contributed by atoms with Crippen LogP contribution in [0.1, 0.15) is 24.0 Å². The quantitative estimate of drug-likeness (QED) is 0.825. The minimum absolute atomic E-state index is 0.0596. The van der Waals surface area contributed by atoms with E-state index in [1.807, 2.05) is 30.3 Å². The Kier molecular flexibility index (Phi) is 4.71. The molecule has 24 heavy (non-hydrogen) atoms. The smallest absolute Gasteiger partial charge is 0.240 e. The Morgan fingerprint density at radius 3 is 2.50 bits per heavy atom. The third-order valence-electron chi connectivity index (χ3n) is 4.50. The van der Waals surface area contributed by atoms with Gasteiger partial charge in [-0.3, -0.25) is 0 Å². The van der Waals surface area contributed by atoms with Crippen LogP contribution in [0.3, 0.4) is 0 Å². The fraction of sp³-hybridized carbons (Fsp3) is 0.333. The molecule has 0 radical (unpaired) electrons. The summed E-state index contributed by atoms with van der Waals surface area (Å²) in [4.78, 5) is 0.140. The standard InChI is InChI=1S/C18H20ClNO3S/c1-13-7-10-16(19)11-17(13)24(22,23)20-12-18(21,15-8-9-15)14-5-3-2-4-6-14/h2-7,10-11,15,20-21H,8-9,12H2,1H3. The molecular weight excluding hydrogens is 346 g/mol. The zero-order valence-electron chi connectivity index (χ0n) is 13.4. The Bertz CT molecular complexity index is 835. The number of hydrogen-bond donors (Lipinski definition) is 2. The average molecular weight is 366 g/mol. The van der Waals surface area contributed by atoms with E-state index in [0.29, 0.717) is 10.6 Å². The molecule has 1 unspecified atom stereocenters. The Hall–Kier alpha value is -1.40. The number of halogens is 1. The first kappa shape index (κ1) is 17.4. The van der Waals surface area contributed by atoms with E-state index >= 15 is 0 Å². The summed E-state index contributed by atoms with van der Waals surface area (Å²) in [7, 11) is -3.75. The van der Waals surface area contributed by atoms with Crippen LogP contribution in [0.15, 0.2) is 53.4 Å². The van der Waals surface area contributed by atoms with Gasteiger partial charge >= 0.3 is 0 Å². The second kappa shape index (κ2) is 6.48. The lowest BCUT2D eigenvalue weighted by molar-refractivity contribution is 0.0185. The van der Waals surface area contributed by atoms with Crippen LogP contribution in [0, 0.1) is 12.8 Å². The van der Waals surface area contributed by atoms with Crippen molar-refractivity contribution in [3.63, 3.8) is 0 Å². The molecule has 1 aliphatic carbocycles. The monoisotopic (exact) mass is 365 g/mol. The van der Waals surface area contributed by atoms with E-state index in [1.54, 1.807) is 19.1 Å². The topological polar surface area (TPSA) is 66.4 Å². The summed E-state index contributed by atoms with van der Waals surface area (Å²) in [6, 6.07) is 14.0. The molecule has 128 valence electrons. The molecule has 0 amide bonds. The van der Waals surface area contributed by atoms with Crippen LogP contribution < -0.4 is 4.72 Å². The zero-order valence-corrected chi connectivity index (χ0v) is 14.9. The molecule has 0 bridgehead atoms. The van der Waals surface area contributed by atoms with Crippen molar-refractivity contribution in [3.05, 3.63) is 64.7 Å². The van der Waals surface area contributed by atoms with Gasteiger partial charge in [0.25, 0.3) is 0 Å². The molecule has 4 nitrogen and oxygen atoms in total. The summed E-state index contributed by atoms with van der Waals surface area (Å²) in [6.07, 6.45) is 1.78. The Labute approximate surface area is 147 Å². The van der Waals surface area contributed by atoms with Crippen molar-refractivity contribution in [1.82, 2.24) is 4.72 Å². The maximum absolute atomic E-state index is 12.6. The summed E-state index contributed by atoms with van der Waals surface area (Å²) in [5.74, 6) is 0.0723. The highest BCUT2D eigenvalue weighted by Gasteiger charge is 2.45. The van der Waals surface area contributed by atoms with E-state index in [4.69, 9.17) is 11.6 Å². The molecule has 0 saturated heterocycles. The molecule has 0 spiro atoms. The normalized spacial score (nSPS) is 17.5. The molecule has 2 aromatic rings. The van der Waals surface area contributed by atoms with Crippen molar-refractivity contribution in [2.24, 2.45) is 5.92 Å². The van der Waals surface area contributed by atoms with Crippen LogP contribution >= 0.6 is 11.6 Å². The number of nitrogens with one attached hydrogen (secondary N) is 1. The van der Waals surface area contributed by atoms with E-state index in [1.165, 1.54) is 6.07 Å². The Morgan fingerprint density at radius 2 is 1.88 bits per heavy atom. The molecule has 1 fully saturated rings. The lowest BCUT2D eigenvalue weighted by atomic mass is 9.89. The molecule has 0 heterocycles. The summed E-state index contributed by atoms with van der Waals surface area (Å²) in [5.41, 5.74) is 0.153.